The summed E-state index contributed by atoms with van der Waals surface area (Å²) >= 11 is 0. The lowest BCUT2D eigenvalue weighted by molar-refractivity contribution is -0.870. The first kappa shape index (κ1) is 13.0. The Kier molecular flexibility index (Phi) is 5.23. The van der Waals surface area contributed by atoms with Crippen molar-refractivity contribution < 1.29 is 14.0 Å². The van der Waals surface area contributed by atoms with Crippen LogP contribution in [0, 0.1) is 0 Å². The highest BCUT2D eigenvalue weighted by atomic mass is 16.5. The minimum atomic E-state index is -0.346. The minimum absolute atomic E-state index is 0.346. The minimum Gasteiger partial charge on any atom is -0.419 e. The van der Waals surface area contributed by atoms with Gasteiger partial charge >= 0.3 is 6.09 Å². The molecule has 4 nitrogen and oxygen atoms in total. The molecular weight excluding hydrogens is 180 g/mol. The molecule has 0 aromatic heterocycles. The maximum absolute atomic E-state index is 11.1. The Morgan fingerprint density at radius 2 is 2.07 bits per heavy atom. The fraction of sp³-hybridized carbons (Fsp3) is 0.700. The molecule has 0 spiro atoms. The molecule has 0 bridgehead atoms. The molecule has 0 aliphatic rings. The van der Waals surface area contributed by atoms with Gasteiger partial charge in [-0.25, -0.2) is 4.79 Å². The average molecular weight is 201 g/mol. The molecule has 14 heavy (non-hydrogen) atoms. The van der Waals surface area contributed by atoms with Gasteiger partial charge in [0.1, 0.15) is 0 Å². The van der Waals surface area contributed by atoms with Crippen LogP contribution in [0.4, 0.5) is 4.79 Å². The van der Waals surface area contributed by atoms with Crippen molar-refractivity contribution in [2.24, 2.45) is 0 Å². The number of nitrogens with zero attached hydrogens (tertiary/aromatic N) is 2. The van der Waals surface area contributed by atoms with E-state index in [0.717, 1.165) is 23.7 Å². The van der Waals surface area contributed by atoms with Crippen LogP contribution in [-0.2, 0) is 4.74 Å². The number of rotatable bonds is 5. The molecule has 0 unspecified atom stereocenters. The molecule has 0 atom stereocenters. The van der Waals surface area contributed by atoms with Crippen molar-refractivity contribution in [1.29, 1.82) is 0 Å². The SMILES string of the molecule is C=COC(=O)N(C)CCC[N+](C)(C)C. The summed E-state index contributed by atoms with van der Waals surface area (Å²) in [5.41, 5.74) is 0. The van der Waals surface area contributed by atoms with Crippen molar-refractivity contribution in [3.63, 3.8) is 0 Å². The fourth-order valence-corrected chi connectivity index (χ4v) is 1.03. The van der Waals surface area contributed by atoms with Gasteiger partial charge in [-0.05, 0) is 0 Å². The van der Waals surface area contributed by atoms with Crippen molar-refractivity contribution in [1.82, 2.24) is 4.90 Å². The Morgan fingerprint density at radius 3 is 2.50 bits per heavy atom. The molecule has 0 N–H and O–H groups in total. The number of carbonyl (C=O) groups is 1. The molecule has 0 heterocycles. The van der Waals surface area contributed by atoms with Crippen LogP contribution in [0.1, 0.15) is 6.42 Å². The van der Waals surface area contributed by atoms with E-state index in [-0.39, 0.29) is 6.09 Å². The zero-order chi connectivity index (χ0) is 11.2. The van der Waals surface area contributed by atoms with Crippen LogP contribution in [0.2, 0.25) is 0 Å². The van der Waals surface area contributed by atoms with Gasteiger partial charge in [-0.2, -0.15) is 0 Å². The number of hydrogen-bond acceptors (Lipinski definition) is 2. The summed E-state index contributed by atoms with van der Waals surface area (Å²) in [6.07, 6.45) is 1.77. The molecule has 0 aromatic rings. The van der Waals surface area contributed by atoms with Crippen LogP contribution in [0.25, 0.3) is 0 Å². The highest BCUT2D eigenvalue weighted by Crippen LogP contribution is 1.97. The van der Waals surface area contributed by atoms with Crippen LogP contribution in [-0.4, -0.2) is 56.8 Å². The van der Waals surface area contributed by atoms with Crippen molar-refractivity contribution in [3.05, 3.63) is 12.8 Å². The molecule has 0 aromatic carbocycles. The van der Waals surface area contributed by atoms with Crippen molar-refractivity contribution >= 4 is 6.09 Å². The van der Waals surface area contributed by atoms with Crippen molar-refractivity contribution in [2.75, 3.05) is 41.3 Å². The van der Waals surface area contributed by atoms with Crippen LogP contribution in [0.3, 0.4) is 0 Å². The summed E-state index contributed by atoms with van der Waals surface area (Å²) in [6, 6.07) is 0. The first-order valence-electron chi connectivity index (χ1n) is 4.70. The van der Waals surface area contributed by atoms with E-state index in [2.05, 4.69) is 32.5 Å². The van der Waals surface area contributed by atoms with Gasteiger partial charge in [0.2, 0.25) is 0 Å². The van der Waals surface area contributed by atoms with Gasteiger partial charge in [-0.1, -0.05) is 6.58 Å². The number of quaternary nitrogens is 1. The van der Waals surface area contributed by atoms with E-state index in [1.54, 1.807) is 11.9 Å². The van der Waals surface area contributed by atoms with Gasteiger partial charge in [0, 0.05) is 20.0 Å². The molecule has 82 valence electrons. The van der Waals surface area contributed by atoms with Gasteiger partial charge in [0.15, 0.2) is 0 Å². The number of ether oxygens (including phenoxy) is 1. The highest BCUT2D eigenvalue weighted by molar-refractivity contribution is 5.67. The Morgan fingerprint density at radius 1 is 1.50 bits per heavy atom. The predicted octanol–water partition coefficient (Wildman–Crippen LogP) is 1.29. The molecule has 0 saturated heterocycles. The molecule has 0 rings (SSSR count). The molecule has 4 heteroatoms. The Hall–Kier alpha value is -1.03. The maximum atomic E-state index is 11.1. The maximum Gasteiger partial charge on any atom is 0.414 e. The normalized spacial score (nSPS) is 10.9. The third kappa shape index (κ3) is 6.48. The third-order valence-corrected chi connectivity index (χ3v) is 1.82. The van der Waals surface area contributed by atoms with E-state index in [0.29, 0.717) is 6.54 Å². The summed E-state index contributed by atoms with van der Waals surface area (Å²) in [6.45, 7) is 5.07. The van der Waals surface area contributed by atoms with Gasteiger partial charge in [0.25, 0.3) is 0 Å². The lowest BCUT2D eigenvalue weighted by Gasteiger charge is -2.25. The monoisotopic (exact) mass is 201 g/mol. The second kappa shape index (κ2) is 5.65. The van der Waals surface area contributed by atoms with Crippen LogP contribution >= 0.6 is 0 Å². The zero-order valence-corrected chi connectivity index (χ0v) is 9.62. The van der Waals surface area contributed by atoms with Gasteiger partial charge in [0.05, 0.1) is 33.9 Å². The molecule has 0 saturated carbocycles. The van der Waals surface area contributed by atoms with Gasteiger partial charge in [-0.15, -0.1) is 0 Å². The van der Waals surface area contributed by atoms with E-state index >= 15 is 0 Å². The van der Waals surface area contributed by atoms with E-state index in [1.165, 1.54) is 0 Å². The Bertz CT molecular complexity index is 197. The second-order valence-corrected chi connectivity index (χ2v) is 4.34. The van der Waals surface area contributed by atoms with E-state index in [9.17, 15) is 4.79 Å². The van der Waals surface area contributed by atoms with E-state index in [1.807, 2.05) is 0 Å². The smallest absolute Gasteiger partial charge is 0.414 e. The zero-order valence-electron chi connectivity index (χ0n) is 9.62. The van der Waals surface area contributed by atoms with E-state index in [4.69, 9.17) is 0 Å². The summed E-state index contributed by atoms with van der Waals surface area (Å²) in [5, 5.41) is 0. The van der Waals surface area contributed by atoms with Crippen molar-refractivity contribution in [2.45, 2.75) is 6.42 Å². The first-order valence-corrected chi connectivity index (χ1v) is 4.70. The third-order valence-electron chi connectivity index (χ3n) is 1.82. The van der Waals surface area contributed by atoms with Crippen LogP contribution in [0.5, 0.6) is 0 Å². The fourth-order valence-electron chi connectivity index (χ4n) is 1.03. The largest absolute Gasteiger partial charge is 0.419 e. The highest BCUT2D eigenvalue weighted by Gasteiger charge is 2.11. The summed E-state index contributed by atoms with van der Waals surface area (Å²) < 4.78 is 5.54. The van der Waals surface area contributed by atoms with Crippen LogP contribution < -0.4 is 0 Å². The first-order chi connectivity index (χ1) is 6.37. The lowest BCUT2D eigenvalue weighted by atomic mass is 10.3. The standard InChI is InChI=1S/C10H21N2O2/c1-6-14-10(13)11(2)8-7-9-12(3,4)5/h6H,1,7-9H2,2-5H3/q+1. The quantitative estimate of drug-likeness (QED) is 0.495. The Labute approximate surface area is 86.3 Å². The summed E-state index contributed by atoms with van der Waals surface area (Å²) in [5.74, 6) is 0. The average Bonchev–Trinajstić information content (AvgIpc) is 2.02. The summed E-state index contributed by atoms with van der Waals surface area (Å²) in [7, 11) is 8.10. The molecule has 0 fully saturated rings. The summed E-state index contributed by atoms with van der Waals surface area (Å²) in [4.78, 5) is 12.7. The number of hydrogen-bond donors (Lipinski definition) is 0. The number of carbonyl (C=O) groups excluding carboxylic acids is 1. The van der Waals surface area contributed by atoms with Crippen molar-refractivity contribution in [3.8, 4) is 0 Å². The second-order valence-electron chi connectivity index (χ2n) is 4.34. The Balaban J connectivity index is 3.68. The van der Waals surface area contributed by atoms with Gasteiger partial charge < -0.3 is 14.1 Å². The molecule has 0 aliphatic heterocycles. The molecule has 1 amide bonds. The lowest BCUT2D eigenvalue weighted by Crippen LogP contribution is -2.37. The van der Waals surface area contributed by atoms with Crippen LogP contribution in [0.15, 0.2) is 12.8 Å². The molecule has 0 radical (unpaired) electrons. The number of amides is 1. The predicted molar refractivity (Wildman–Crippen MR) is 56.8 cm³/mol. The molecule has 0 aliphatic carbocycles. The van der Waals surface area contributed by atoms with Gasteiger partial charge in [-0.3, -0.25) is 0 Å². The topological polar surface area (TPSA) is 29.5 Å². The molecular formula is C10H21N2O2+. The van der Waals surface area contributed by atoms with E-state index < -0.39 is 0 Å².